The van der Waals surface area contributed by atoms with Gasteiger partial charge in [-0.15, -0.1) is 0 Å². The fourth-order valence-electron chi connectivity index (χ4n) is 2.91. The van der Waals surface area contributed by atoms with Gasteiger partial charge in [0.15, 0.2) is 23.0 Å². The molecule has 0 fully saturated rings. The lowest BCUT2D eigenvalue weighted by Crippen LogP contribution is -2.22. The lowest BCUT2D eigenvalue weighted by molar-refractivity contribution is -0.116. The number of halogens is 1. The van der Waals surface area contributed by atoms with Crippen molar-refractivity contribution in [1.29, 1.82) is 0 Å². The van der Waals surface area contributed by atoms with Gasteiger partial charge in [0.25, 0.3) is 0 Å². The van der Waals surface area contributed by atoms with Crippen molar-refractivity contribution in [3.63, 3.8) is 0 Å². The highest BCUT2D eigenvalue weighted by Gasteiger charge is 2.17. The van der Waals surface area contributed by atoms with E-state index in [0.717, 1.165) is 11.1 Å². The molecule has 4 rings (SSSR count). The maximum absolute atomic E-state index is 12.2. The fraction of sp³-hybridized carbons (Fsp3) is 0.250. The Bertz CT molecular complexity index is 896. The van der Waals surface area contributed by atoms with Crippen LogP contribution in [0.3, 0.4) is 0 Å². The maximum Gasteiger partial charge on any atom is 0.244 e. The third kappa shape index (κ3) is 3.95. The molecule has 2 heterocycles. The fourth-order valence-corrected chi connectivity index (χ4v) is 3.19. The van der Waals surface area contributed by atoms with Crippen LogP contribution in [0.15, 0.2) is 36.4 Å². The molecular weight excluding hydrogens is 370 g/mol. The number of carbonyl (C=O) groups is 1. The molecule has 0 unspecified atom stereocenters. The summed E-state index contributed by atoms with van der Waals surface area (Å²) < 4.78 is 22.2. The van der Waals surface area contributed by atoms with Crippen LogP contribution in [0.1, 0.15) is 11.1 Å². The predicted octanol–water partition coefficient (Wildman–Crippen LogP) is 3.21. The smallest absolute Gasteiger partial charge is 0.244 e. The Hall–Kier alpha value is -2.86. The summed E-state index contributed by atoms with van der Waals surface area (Å²) in [5.74, 6) is 2.29. The van der Waals surface area contributed by atoms with Gasteiger partial charge in [-0.05, 0) is 29.8 Å². The van der Waals surface area contributed by atoms with Crippen molar-refractivity contribution in [3.05, 3.63) is 52.6 Å². The zero-order valence-electron chi connectivity index (χ0n) is 14.5. The molecule has 140 valence electrons. The highest BCUT2D eigenvalue weighted by molar-refractivity contribution is 6.32. The molecule has 27 heavy (non-hydrogen) atoms. The van der Waals surface area contributed by atoms with Crippen molar-refractivity contribution < 1.29 is 23.7 Å². The molecule has 2 aromatic carbocycles. The molecule has 0 radical (unpaired) electrons. The molecule has 0 saturated heterocycles. The van der Waals surface area contributed by atoms with Crippen LogP contribution in [0.4, 0.5) is 0 Å². The van der Waals surface area contributed by atoms with Crippen LogP contribution in [0.5, 0.6) is 23.0 Å². The summed E-state index contributed by atoms with van der Waals surface area (Å²) >= 11 is 6.21. The summed E-state index contributed by atoms with van der Waals surface area (Å²) in [6.45, 7) is 2.33. The van der Waals surface area contributed by atoms with Gasteiger partial charge < -0.3 is 24.3 Å². The van der Waals surface area contributed by atoms with Gasteiger partial charge in [0, 0.05) is 18.2 Å². The van der Waals surface area contributed by atoms with E-state index in [9.17, 15) is 4.79 Å². The van der Waals surface area contributed by atoms with E-state index in [0.29, 0.717) is 61.0 Å². The van der Waals surface area contributed by atoms with Crippen molar-refractivity contribution in [3.8, 4) is 23.0 Å². The number of nitrogens with one attached hydrogen (secondary N) is 1. The van der Waals surface area contributed by atoms with Gasteiger partial charge in [-0.3, -0.25) is 4.79 Å². The largest absolute Gasteiger partial charge is 0.486 e. The normalized spacial score (nSPS) is 14.9. The van der Waals surface area contributed by atoms with Gasteiger partial charge in [-0.25, -0.2) is 0 Å². The Balaban J connectivity index is 1.41. The summed E-state index contributed by atoms with van der Waals surface area (Å²) in [6.07, 6.45) is 3.13. The van der Waals surface area contributed by atoms with Gasteiger partial charge in [0.1, 0.15) is 26.4 Å². The molecule has 6 nitrogen and oxygen atoms in total. The maximum atomic E-state index is 12.2. The first-order valence-electron chi connectivity index (χ1n) is 8.63. The molecule has 1 amide bonds. The average molecular weight is 388 g/mol. The highest BCUT2D eigenvalue weighted by Crippen LogP contribution is 2.38. The third-order valence-corrected chi connectivity index (χ3v) is 4.43. The van der Waals surface area contributed by atoms with Gasteiger partial charge in [-0.2, -0.15) is 0 Å². The first-order valence-corrected chi connectivity index (χ1v) is 9.01. The molecule has 7 heteroatoms. The minimum atomic E-state index is -0.227. The number of hydrogen-bond acceptors (Lipinski definition) is 5. The molecule has 1 N–H and O–H groups in total. The van der Waals surface area contributed by atoms with Gasteiger partial charge in [0.2, 0.25) is 5.91 Å². The lowest BCUT2D eigenvalue weighted by Gasteiger charge is -2.21. The van der Waals surface area contributed by atoms with Crippen molar-refractivity contribution in [2.45, 2.75) is 6.54 Å². The molecule has 0 aliphatic carbocycles. The average Bonchev–Trinajstić information content (AvgIpc) is 2.71. The SMILES string of the molecule is O=C(/C=C/c1cc(Cl)c2c(c1)OCCO2)NCc1cccc2c1OCCO2. The van der Waals surface area contributed by atoms with Crippen molar-refractivity contribution in [1.82, 2.24) is 5.32 Å². The van der Waals surface area contributed by atoms with E-state index in [1.165, 1.54) is 6.08 Å². The Morgan fingerprint density at radius 3 is 2.59 bits per heavy atom. The van der Waals surface area contributed by atoms with E-state index >= 15 is 0 Å². The topological polar surface area (TPSA) is 66.0 Å². The molecule has 0 saturated carbocycles. The Morgan fingerprint density at radius 2 is 1.74 bits per heavy atom. The summed E-state index contributed by atoms with van der Waals surface area (Å²) in [4.78, 5) is 12.2. The number of amides is 1. The molecule has 0 atom stereocenters. The lowest BCUT2D eigenvalue weighted by atomic mass is 10.1. The predicted molar refractivity (Wildman–Crippen MR) is 101 cm³/mol. The van der Waals surface area contributed by atoms with Crippen molar-refractivity contribution >= 4 is 23.6 Å². The van der Waals surface area contributed by atoms with Crippen molar-refractivity contribution in [2.24, 2.45) is 0 Å². The molecule has 0 spiro atoms. The van der Waals surface area contributed by atoms with Crippen LogP contribution in [0.2, 0.25) is 5.02 Å². The van der Waals surface area contributed by atoms with Gasteiger partial charge in [-0.1, -0.05) is 23.7 Å². The summed E-state index contributed by atoms with van der Waals surface area (Å²) in [7, 11) is 0. The molecule has 2 aromatic rings. The van der Waals surface area contributed by atoms with Crippen LogP contribution in [-0.4, -0.2) is 32.3 Å². The zero-order chi connectivity index (χ0) is 18.6. The number of para-hydroxylation sites is 1. The zero-order valence-corrected chi connectivity index (χ0v) is 15.3. The van der Waals surface area contributed by atoms with E-state index < -0.39 is 0 Å². The van der Waals surface area contributed by atoms with E-state index in [2.05, 4.69) is 5.32 Å². The first-order chi connectivity index (χ1) is 13.2. The number of ether oxygens (including phenoxy) is 4. The molecule has 2 aliphatic heterocycles. The Kier molecular flexibility index (Phi) is 5.07. The molecule has 2 aliphatic rings. The van der Waals surface area contributed by atoms with E-state index in [1.54, 1.807) is 18.2 Å². The molecule has 0 bridgehead atoms. The number of fused-ring (bicyclic) bond motifs is 2. The van der Waals surface area contributed by atoms with Gasteiger partial charge >= 0.3 is 0 Å². The van der Waals surface area contributed by atoms with E-state index in [4.69, 9.17) is 30.5 Å². The molecular formula is C20H18ClNO5. The third-order valence-electron chi connectivity index (χ3n) is 4.15. The summed E-state index contributed by atoms with van der Waals surface area (Å²) in [6, 6.07) is 9.16. The van der Waals surface area contributed by atoms with Crippen molar-refractivity contribution in [2.75, 3.05) is 26.4 Å². The Morgan fingerprint density at radius 1 is 1.00 bits per heavy atom. The van der Waals surface area contributed by atoms with Gasteiger partial charge in [0.05, 0.1) is 5.02 Å². The van der Waals surface area contributed by atoms with Crippen LogP contribution in [-0.2, 0) is 11.3 Å². The summed E-state index contributed by atoms with van der Waals surface area (Å²) in [5, 5.41) is 3.30. The number of carbonyl (C=O) groups excluding carboxylic acids is 1. The van der Waals surface area contributed by atoms with Crippen LogP contribution in [0, 0.1) is 0 Å². The second-order valence-electron chi connectivity index (χ2n) is 6.02. The van der Waals surface area contributed by atoms with Crippen LogP contribution in [0.25, 0.3) is 6.08 Å². The standard InChI is InChI=1S/C20H18ClNO5/c21-15-10-13(11-17-20(15)27-9-7-25-17)4-5-18(23)22-12-14-2-1-3-16-19(14)26-8-6-24-16/h1-5,10-11H,6-9,12H2,(H,22,23)/b5-4+. The quantitative estimate of drug-likeness (QED) is 0.816. The minimum absolute atomic E-state index is 0.227. The van der Waals surface area contributed by atoms with E-state index in [-0.39, 0.29) is 5.91 Å². The number of rotatable bonds is 4. The van der Waals surface area contributed by atoms with E-state index in [1.807, 2.05) is 18.2 Å². The first kappa shape index (κ1) is 17.5. The second kappa shape index (κ2) is 7.80. The Labute approximate surface area is 161 Å². The summed E-state index contributed by atoms with van der Waals surface area (Å²) in [5.41, 5.74) is 1.63. The highest BCUT2D eigenvalue weighted by atomic mass is 35.5. The second-order valence-corrected chi connectivity index (χ2v) is 6.43. The van der Waals surface area contributed by atoms with Crippen LogP contribution >= 0.6 is 11.6 Å². The number of hydrogen-bond donors (Lipinski definition) is 1. The minimum Gasteiger partial charge on any atom is -0.486 e. The number of benzene rings is 2. The van der Waals surface area contributed by atoms with Crippen LogP contribution < -0.4 is 24.3 Å². The molecule has 0 aromatic heterocycles. The monoisotopic (exact) mass is 387 g/mol.